The van der Waals surface area contributed by atoms with Crippen molar-refractivity contribution in [1.82, 2.24) is 14.8 Å². The molecule has 3 nitrogen and oxygen atoms in total. The molecule has 29 heavy (non-hydrogen) atoms. The highest BCUT2D eigenvalue weighted by Gasteiger charge is 2.30. The predicted molar refractivity (Wildman–Crippen MR) is 107 cm³/mol. The Bertz CT molecular complexity index is 1160. The summed E-state index contributed by atoms with van der Waals surface area (Å²) in [5.74, 6) is 1.14. The molecule has 0 unspecified atom stereocenters. The molecule has 0 fully saturated rings. The highest BCUT2D eigenvalue weighted by Crippen LogP contribution is 2.32. The molecule has 1 heterocycles. The van der Waals surface area contributed by atoms with Crippen LogP contribution in [0, 0.1) is 0 Å². The van der Waals surface area contributed by atoms with Crippen molar-refractivity contribution >= 4 is 11.6 Å². The van der Waals surface area contributed by atoms with E-state index in [0.29, 0.717) is 22.2 Å². The van der Waals surface area contributed by atoms with Crippen LogP contribution in [0.25, 0.3) is 33.9 Å². The third kappa shape index (κ3) is 3.89. The van der Waals surface area contributed by atoms with Gasteiger partial charge in [-0.2, -0.15) is 18.3 Å². The van der Waals surface area contributed by atoms with Gasteiger partial charge in [-0.25, -0.2) is 9.67 Å². The number of hydrogen-bond donors (Lipinski definition) is 0. The predicted octanol–water partition coefficient (Wildman–Crippen LogP) is 6.49. The van der Waals surface area contributed by atoms with Gasteiger partial charge < -0.3 is 0 Å². The van der Waals surface area contributed by atoms with E-state index in [1.807, 2.05) is 42.5 Å². The Kier molecular flexibility index (Phi) is 4.88. The van der Waals surface area contributed by atoms with E-state index in [1.165, 1.54) is 12.1 Å². The molecule has 0 atom stereocenters. The molecule has 0 aliphatic heterocycles. The number of aryl methyl sites for hydroxylation is 1. The van der Waals surface area contributed by atoms with Crippen LogP contribution < -0.4 is 0 Å². The average Bonchev–Trinajstić information content (AvgIpc) is 3.09. The van der Waals surface area contributed by atoms with E-state index in [1.54, 1.807) is 17.8 Å². The zero-order chi connectivity index (χ0) is 20.6. The number of aromatic nitrogens is 3. The maximum Gasteiger partial charge on any atom is 0.416 e. The van der Waals surface area contributed by atoms with Crippen molar-refractivity contribution in [3.63, 3.8) is 0 Å². The molecule has 0 saturated carbocycles. The maximum atomic E-state index is 12.8. The van der Waals surface area contributed by atoms with Crippen LogP contribution in [0.15, 0.2) is 72.8 Å². The van der Waals surface area contributed by atoms with Crippen molar-refractivity contribution < 1.29 is 13.2 Å². The number of rotatable bonds is 3. The molecule has 0 N–H and O–H groups in total. The summed E-state index contributed by atoms with van der Waals surface area (Å²) >= 11 is 6.25. The van der Waals surface area contributed by atoms with E-state index in [0.717, 1.165) is 28.8 Å². The fourth-order valence-corrected chi connectivity index (χ4v) is 3.30. The standard InChI is InChI=1S/C22H15ClF3N3/c1-29-21(27-20(28-29)18-7-2-3-8-19(18)23)16-6-4-5-15(13-16)14-9-11-17(12-10-14)22(24,25)26/h2-13H,1H3. The maximum absolute atomic E-state index is 12.8. The van der Waals surface area contributed by atoms with Crippen LogP contribution in [0.3, 0.4) is 0 Å². The van der Waals surface area contributed by atoms with Gasteiger partial charge in [0.15, 0.2) is 11.6 Å². The molecule has 0 bridgehead atoms. The zero-order valence-electron chi connectivity index (χ0n) is 15.3. The highest BCUT2D eigenvalue weighted by atomic mass is 35.5. The quantitative estimate of drug-likeness (QED) is 0.384. The second kappa shape index (κ2) is 7.37. The molecular formula is C22H15ClF3N3. The normalized spacial score (nSPS) is 11.6. The van der Waals surface area contributed by atoms with E-state index in [2.05, 4.69) is 10.1 Å². The highest BCUT2D eigenvalue weighted by molar-refractivity contribution is 6.33. The van der Waals surface area contributed by atoms with E-state index in [4.69, 9.17) is 11.6 Å². The zero-order valence-corrected chi connectivity index (χ0v) is 16.0. The summed E-state index contributed by atoms with van der Waals surface area (Å²) in [5.41, 5.74) is 2.34. The van der Waals surface area contributed by atoms with Gasteiger partial charge in [0.2, 0.25) is 0 Å². The van der Waals surface area contributed by atoms with Crippen LogP contribution in [0.1, 0.15) is 5.56 Å². The molecule has 0 aliphatic rings. The number of halogens is 4. The lowest BCUT2D eigenvalue weighted by molar-refractivity contribution is -0.137. The Balaban J connectivity index is 1.70. The van der Waals surface area contributed by atoms with E-state index >= 15 is 0 Å². The van der Waals surface area contributed by atoms with Crippen molar-refractivity contribution in [1.29, 1.82) is 0 Å². The van der Waals surface area contributed by atoms with Gasteiger partial charge in [0, 0.05) is 18.2 Å². The summed E-state index contributed by atoms with van der Waals surface area (Å²) < 4.78 is 40.0. The summed E-state index contributed by atoms with van der Waals surface area (Å²) in [7, 11) is 1.79. The van der Waals surface area contributed by atoms with Gasteiger partial charge in [-0.1, -0.05) is 54.1 Å². The SMILES string of the molecule is Cn1nc(-c2ccccc2Cl)nc1-c1cccc(-c2ccc(C(F)(F)F)cc2)c1. The molecule has 0 spiro atoms. The molecule has 0 saturated heterocycles. The van der Waals surface area contributed by atoms with Gasteiger partial charge in [0.05, 0.1) is 10.6 Å². The molecule has 146 valence electrons. The molecular weight excluding hydrogens is 399 g/mol. The number of nitrogens with zero attached hydrogens (tertiary/aromatic N) is 3. The van der Waals surface area contributed by atoms with E-state index in [-0.39, 0.29) is 0 Å². The molecule has 0 radical (unpaired) electrons. The minimum absolute atomic E-state index is 0.507. The Labute approximate surface area is 170 Å². The van der Waals surface area contributed by atoms with Crippen molar-refractivity contribution in [3.05, 3.63) is 83.4 Å². The molecule has 0 amide bonds. The number of alkyl halides is 3. The van der Waals surface area contributed by atoms with Crippen LogP contribution in [0.2, 0.25) is 5.02 Å². The summed E-state index contributed by atoms with van der Waals surface area (Å²) in [6, 6.07) is 19.9. The summed E-state index contributed by atoms with van der Waals surface area (Å²) in [6.45, 7) is 0. The third-order valence-electron chi connectivity index (χ3n) is 4.54. The first-order chi connectivity index (χ1) is 13.8. The molecule has 1 aromatic heterocycles. The van der Waals surface area contributed by atoms with Gasteiger partial charge >= 0.3 is 6.18 Å². The van der Waals surface area contributed by atoms with Crippen LogP contribution in [0.4, 0.5) is 13.2 Å². The van der Waals surface area contributed by atoms with Crippen molar-refractivity contribution in [3.8, 4) is 33.9 Å². The number of benzene rings is 3. The summed E-state index contributed by atoms with van der Waals surface area (Å²) in [4.78, 5) is 4.61. The first-order valence-electron chi connectivity index (χ1n) is 8.77. The fraction of sp³-hybridized carbons (Fsp3) is 0.0909. The summed E-state index contributed by atoms with van der Waals surface area (Å²) in [6.07, 6.45) is -4.35. The third-order valence-corrected chi connectivity index (χ3v) is 4.87. The van der Waals surface area contributed by atoms with E-state index < -0.39 is 11.7 Å². The first kappa shape index (κ1) is 19.2. The lowest BCUT2D eigenvalue weighted by Gasteiger charge is -2.09. The van der Waals surface area contributed by atoms with E-state index in [9.17, 15) is 13.2 Å². The molecule has 3 aromatic carbocycles. The lowest BCUT2D eigenvalue weighted by atomic mass is 10.0. The van der Waals surface area contributed by atoms with Crippen LogP contribution in [0.5, 0.6) is 0 Å². The smallest absolute Gasteiger partial charge is 0.248 e. The van der Waals surface area contributed by atoms with Crippen LogP contribution >= 0.6 is 11.6 Å². The molecule has 7 heteroatoms. The lowest BCUT2D eigenvalue weighted by Crippen LogP contribution is -2.03. The number of hydrogen-bond acceptors (Lipinski definition) is 2. The minimum atomic E-state index is -4.35. The van der Waals surface area contributed by atoms with Crippen LogP contribution in [-0.4, -0.2) is 14.8 Å². The Morgan fingerprint density at radius 1 is 0.828 bits per heavy atom. The molecule has 4 aromatic rings. The Morgan fingerprint density at radius 3 is 2.21 bits per heavy atom. The van der Waals surface area contributed by atoms with Gasteiger partial charge in [-0.05, 0) is 41.5 Å². The van der Waals surface area contributed by atoms with Crippen molar-refractivity contribution in [2.45, 2.75) is 6.18 Å². The summed E-state index contributed by atoms with van der Waals surface area (Å²) in [5, 5.41) is 5.01. The minimum Gasteiger partial charge on any atom is -0.248 e. The van der Waals surface area contributed by atoms with Gasteiger partial charge in [-0.15, -0.1) is 0 Å². The van der Waals surface area contributed by atoms with Gasteiger partial charge in [0.1, 0.15) is 0 Å². The molecule has 4 rings (SSSR count). The van der Waals surface area contributed by atoms with Crippen LogP contribution in [-0.2, 0) is 13.2 Å². The Hall–Kier alpha value is -3.12. The van der Waals surface area contributed by atoms with Gasteiger partial charge in [0.25, 0.3) is 0 Å². The van der Waals surface area contributed by atoms with Crippen molar-refractivity contribution in [2.24, 2.45) is 7.05 Å². The first-order valence-corrected chi connectivity index (χ1v) is 9.15. The van der Waals surface area contributed by atoms with Gasteiger partial charge in [-0.3, -0.25) is 0 Å². The Morgan fingerprint density at radius 2 is 1.52 bits per heavy atom. The monoisotopic (exact) mass is 413 g/mol. The molecule has 0 aliphatic carbocycles. The topological polar surface area (TPSA) is 30.7 Å². The van der Waals surface area contributed by atoms with Crippen molar-refractivity contribution in [2.75, 3.05) is 0 Å². The average molecular weight is 414 g/mol. The largest absolute Gasteiger partial charge is 0.416 e. The fourth-order valence-electron chi connectivity index (χ4n) is 3.08. The second-order valence-corrected chi connectivity index (χ2v) is 6.93. The second-order valence-electron chi connectivity index (χ2n) is 6.52.